The standard InChI is InChI=1S/C19H19N7O3S/c1-4-29-17(28)12-8-21-18(22-15(12)20)30-9-14-23-24-19-25(3)16(27)11-7-10(2)5-6-13(11)26(14)19/h5-8H,4,9H2,1-3H3,(H2,20,21,22). The quantitative estimate of drug-likeness (QED) is 0.288. The summed E-state index contributed by atoms with van der Waals surface area (Å²) in [5, 5.41) is 9.41. The van der Waals surface area contributed by atoms with Crippen LogP contribution in [-0.4, -0.2) is 41.7 Å². The number of carbonyl (C=O) groups is 1. The third-order valence-corrected chi connectivity index (χ3v) is 5.42. The van der Waals surface area contributed by atoms with Crippen LogP contribution in [0.3, 0.4) is 0 Å². The second-order valence-electron chi connectivity index (χ2n) is 6.60. The first kappa shape index (κ1) is 19.8. The van der Waals surface area contributed by atoms with Crippen molar-refractivity contribution in [2.75, 3.05) is 12.3 Å². The third kappa shape index (κ3) is 3.36. The van der Waals surface area contributed by atoms with Crippen LogP contribution in [0.1, 0.15) is 28.7 Å². The molecule has 0 radical (unpaired) electrons. The fraction of sp³-hybridized carbons (Fsp3) is 0.263. The number of anilines is 1. The van der Waals surface area contributed by atoms with Crippen LogP contribution in [0, 0.1) is 6.92 Å². The van der Waals surface area contributed by atoms with E-state index < -0.39 is 5.97 Å². The number of aryl methyl sites for hydroxylation is 2. The summed E-state index contributed by atoms with van der Waals surface area (Å²) in [4.78, 5) is 32.9. The van der Waals surface area contributed by atoms with Gasteiger partial charge in [0.25, 0.3) is 5.56 Å². The number of rotatable bonds is 5. The van der Waals surface area contributed by atoms with Gasteiger partial charge >= 0.3 is 5.97 Å². The van der Waals surface area contributed by atoms with Crippen molar-refractivity contribution in [2.45, 2.75) is 24.8 Å². The van der Waals surface area contributed by atoms with Crippen LogP contribution in [0.5, 0.6) is 0 Å². The average Bonchev–Trinajstić information content (AvgIpc) is 3.15. The van der Waals surface area contributed by atoms with Gasteiger partial charge in [-0.3, -0.25) is 13.8 Å². The fourth-order valence-electron chi connectivity index (χ4n) is 3.10. The zero-order valence-corrected chi connectivity index (χ0v) is 17.4. The molecule has 0 spiro atoms. The van der Waals surface area contributed by atoms with Crippen molar-refractivity contribution in [3.8, 4) is 0 Å². The molecule has 4 rings (SSSR count). The summed E-state index contributed by atoms with van der Waals surface area (Å²) < 4.78 is 8.26. The van der Waals surface area contributed by atoms with E-state index in [2.05, 4.69) is 20.2 Å². The molecule has 0 atom stereocenters. The van der Waals surface area contributed by atoms with Crippen molar-refractivity contribution in [2.24, 2.45) is 7.05 Å². The molecule has 0 saturated heterocycles. The molecule has 0 unspecified atom stereocenters. The molecule has 3 heterocycles. The summed E-state index contributed by atoms with van der Waals surface area (Å²) in [6, 6.07) is 5.68. The van der Waals surface area contributed by atoms with E-state index in [-0.39, 0.29) is 23.5 Å². The van der Waals surface area contributed by atoms with Crippen LogP contribution in [0.2, 0.25) is 0 Å². The van der Waals surface area contributed by atoms with Crippen LogP contribution in [0.4, 0.5) is 5.82 Å². The lowest BCUT2D eigenvalue weighted by Crippen LogP contribution is -2.20. The van der Waals surface area contributed by atoms with Gasteiger partial charge in [-0.15, -0.1) is 10.2 Å². The summed E-state index contributed by atoms with van der Waals surface area (Å²) >= 11 is 1.30. The Hall–Kier alpha value is -3.47. The van der Waals surface area contributed by atoms with Gasteiger partial charge in [-0.2, -0.15) is 0 Å². The number of ether oxygens (including phenoxy) is 1. The van der Waals surface area contributed by atoms with Crippen molar-refractivity contribution in [1.29, 1.82) is 0 Å². The van der Waals surface area contributed by atoms with E-state index in [1.165, 1.54) is 22.5 Å². The Morgan fingerprint density at radius 2 is 2.10 bits per heavy atom. The lowest BCUT2D eigenvalue weighted by Gasteiger charge is -2.09. The van der Waals surface area contributed by atoms with Gasteiger partial charge in [0.15, 0.2) is 5.16 Å². The molecule has 0 fully saturated rings. The summed E-state index contributed by atoms with van der Waals surface area (Å²) in [5.41, 5.74) is 7.61. The van der Waals surface area contributed by atoms with Crippen LogP contribution in [0.25, 0.3) is 16.7 Å². The Morgan fingerprint density at radius 3 is 2.83 bits per heavy atom. The van der Waals surface area contributed by atoms with Crippen molar-refractivity contribution in [1.82, 2.24) is 29.1 Å². The van der Waals surface area contributed by atoms with Crippen LogP contribution >= 0.6 is 11.8 Å². The summed E-state index contributed by atoms with van der Waals surface area (Å²) in [6.45, 7) is 3.89. The molecule has 10 nitrogen and oxygen atoms in total. The molecule has 0 aliphatic heterocycles. The molecule has 4 aromatic rings. The fourth-order valence-corrected chi connectivity index (χ4v) is 3.83. The number of nitrogens with two attached hydrogens (primary N) is 1. The number of nitrogen functional groups attached to an aromatic ring is 1. The van der Waals surface area contributed by atoms with Crippen molar-refractivity contribution in [3.05, 3.63) is 51.7 Å². The highest BCUT2D eigenvalue weighted by atomic mass is 32.2. The number of nitrogens with zero attached hydrogens (tertiary/aromatic N) is 6. The van der Waals surface area contributed by atoms with Gasteiger partial charge in [-0.1, -0.05) is 23.4 Å². The van der Waals surface area contributed by atoms with Crippen molar-refractivity contribution in [3.63, 3.8) is 0 Å². The molecule has 30 heavy (non-hydrogen) atoms. The molecule has 0 saturated carbocycles. The second-order valence-corrected chi connectivity index (χ2v) is 7.54. The molecule has 0 bridgehead atoms. The summed E-state index contributed by atoms with van der Waals surface area (Å²) in [5.74, 6) is 0.972. The van der Waals surface area contributed by atoms with Gasteiger partial charge < -0.3 is 10.5 Å². The van der Waals surface area contributed by atoms with E-state index in [4.69, 9.17) is 10.5 Å². The highest BCUT2D eigenvalue weighted by Crippen LogP contribution is 2.23. The minimum atomic E-state index is -0.558. The van der Waals surface area contributed by atoms with Crippen LogP contribution in [0.15, 0.2) is 34.3 Å². The van der Waals surface area contributed by atoms with Gasteiger partial charge in [0, 0.05) is 13.2 Å². The molecule has 1 aromatic carbocycles. The van der Waals surface area contributed by atoms with Gasteiger partial charge in [-0.25, -0.2) is 14.8 Å². The molecule has 0 amide bonds. The Kier molecular flexibility index (Phi) is 5.12. The Labute approximate surface area is 175 Å². The molecule has 3 aromatic heterocycles. The zero-order chi connectivity index (χ0) is 21.4. The van der Waals surface area contributed by atoms with Gasteiger partial charge in [0.2, 0.25) is 5.78 Å². The highest BCUT2D eigenvalue weighted by Gasteiger charge is 2.17. The molecule has 0 aliphatic carbocycles. The molecule has 2 N–H and O–H groups in total. The maximum absolute atomic E-state index is 12.7. The SMILES string of the molecule is CCOC(=O)c1cnc(SCc2nnc3n(C)c(=O)c4cc(C)ccc4n23)nc1N. The lowest BCUT2D eigenvalue weighted by molar-refractivity contribution is 0.0526. The number of esters is 1. The number of hydrogen-bond acceptors (Lipinski definition) is 9. The van der Waals surface area contributed by atoms with Gasteiger partial charge in [0.1, 0.15) is 17.2 Å². The predicted octanol–water partition coefficient (Wildman–Crippen LogP) is 1.73. The van der Waals surface area contributed by atoms with Crippen LogP contribution in [-0.2, 0) is 17.5 Å². The number of carbonyl (C=O) groups excluding carboxylic acids is 1. The van der Waals surface area contributed by atoms with E-state index >= 15 is 0 Å². The Morgan fingerprint density at radius 1 is 1.30 bits per heavy atom. The predicted molar refractivity (Wildman–Crippen MR) is 112 cm³/mol. The Balaban J connectivity index is 1.69. The highest BCUT2D eigenvalue weighted by molar-refractivity contribution is 7.98. The van der Waals surface area contributed by atoms with E-state index in [1.807, 2.05) is 29.5 Å². The first-order valence-electron chi connectivity index (χ1n) is 9.16. The summed E-state index contributed by atoms with van der Waals surface area (Å²) in [6.07, 6.45) is 1.35. The number of benzene rings is 1. The van der Waals surface area contributed by atoms with E-state index in [1.54, 1.807) is 14.0 Å². The number of fused-ring (bicyclic) bond motifs is 3. The molecular weight excluding hydrogens is 406 g/mol. The van der Waals surface area contributed by atoms with E-state index in [0.29, 0.717) is 27.9 Å². The Bertz CT molecular complexity index is 1350. The lowest BCUT2D eigenvalue weighted by atomic mass is 10.1. The smallest absolute Gasteiger partial charge is 0.343 e. The first-order valence-corrected chi connectivity index (χ1v) is 10.1. The largest absolute Gasteiger partial charge is 0.462 e. The average molecular weight is 425 g/mol. The summed E-state index contributed by atoms with van der Waals surface area (Å²) in [7, 11) is 1.67. The number of thioether (sulfide) groups is 1. The maximum Gasteiger partial charge on any atom is 0.343 e. The molecule has 154 valence electrons. The number of aromatic nitrogens is 6. The van der Waals surface area contributed by atoms with Gasteiger partial charge in [0.05, 0.1) is 23.3 Å². The molecular formula is C19H19N7O3S. The maximum atomic E-state index is 12.7. The third-order valence-electron chi connectivity index (χ3n) is 4.56. The van der Waals surface area contributed by atoms with E-state index in [0.717, 1.165) is 11.1 Å². The topological polar surface area (TPSA) is 130 Å². The van der Waals surface area contributed by atoms with Crippen molar-refractivity contribution >= 4 is 40.2 Å². The van der Waals surface area contributed by atoms with Gasteiger partial charge in [-0.05, 0) is 26.0 Å². The monoisotopic (exact) mass is 425 g/mol. The zero-order valence-electron chi connectivity index (χ0n) is 16.6. The number of hydrogen-bond donors (Lipinski definition) is 1. The minimum absolute atomic E-state index is 0.0559. The van der Waals surface area contributed by atoms with Crippen LogP contribution < -0.4 is 11.3 Å². The first-order chi connectivity index (χ1) is 14.4. The normalized spacial score (nSPS) is 11.3. The molecule has 11 heteroatoms. The van der Waals surface area contributed by atoms with E-state index in [9.17, 15) is 9.59 Å². The van der Waals surface area contributed by atoms with Crippen molar-refractivity contribution < 1.29 is 9.53 Å². The minimum Gasteiger partial charge on any atom is -0.462 e. The molecule has 0 aliphatic rings. The second kappa shape index (κ2) is 7.75.